The van der Waals surface area contributed by atoms with Crippen LogP contribution in [0.15, 0.2) is 56.5 Å². The van der Waals surface area contributed by atoms with E-state index < -0.39 is 69.5 Å². The summed E-state index contributed by atoms with van der Waals surface area (Å²) in [5.41, 5.74) is 2.08. The summed E-state index contributed by atoms with van der Waals surface area (Å²) < 4.78 is 39.9. The van der Waals surface area contributed by atoms with E-state index in [4.69, 9.17) is 8.94 Å². The Balaban J connectivity index is 1.70. The third-order valence-corrected chi connectivity index (χ3v) is 9.85. The van der Waals surface area contributed by atoms with Crippen LogP contribution in [-0.4, -0.2) is 78.8 Å². The smallest absolute Gasteiger partial charge is 0.277 e. The summed E-state index contributed by atoms with van der Waals surface area (Å²) in [7, 11) is -4.46. The zero-order valence-corrected chi connectivity index (χ0v) is 28.8. The zero-order chi connectivity index (χ0) is 35.2. The first-order valence-electron chi connectivity index (χ1n) is 16.0. The molecular weight excluding hydrogens is 640 g/mol. The van der Waals surface area contributed by atoms with Crippen LogP contribution in [0.4, 0.5) is 0 Å². The van der Waals surface area contributed by atoms with Gasteiger partial charge in [0.15, 0.2) is 5.76 Å². The molecule has 0 bridgehead atoms. The van der Waals surface area contributed by atoms with Crippen molar-refractivity contribution in [2.45, 2.75) is 90.1 Å². The Morgan fingerprint density at radius 2 is 1.58 bits per heavy atom. The molecule has 1 fully saturated rings. The number of nitrogens with zero attached hydrogens (tertiary/aromatic N) is 2. The Labute approximate surface area is 280 Å². The molecule has 2 aromatic heterocycles. The molecule has 4 amide bonds. The molecule has 0 aliphatic carbocycles. The van der Waals surface area contributed by atoms with E-state index in [1.807, 2.05) is 44.2 Å². The van der Waals surface area contributed by atoms with Crippen molar-refractivity contribution in [1.82, 2.24) is 30.7 Å². The average molecular weight is 685 g/mol. The summed E-state index contributed by atoms with van der Waals surface area (Å²) in [5.74, 6) is -2.09. The van der Waals surface area contributed by atoms with Crippen molar-refractivity contribution in [1.29, 1.82) is 0 Å². The third kappa shape index (κ3) is 8.89. The van der Waals surface area contributed by atoms with Gasteiger partial charge in [-0.2, -0.15) is 4.31 Å². The highest BCUT2D eigenvalue weighted by Crippen LogP contribution is 2.30. The van der Waals surface area contributed by atoms with Crippen LogP contribution in [0.3, 0.4) is 0 Å². The molecule has 0 saturated carbocycles. The number of benzene rings is 1. The summed E-state index contributed by atoms with van der Waals surface area (Å²) >= 11 is 0. The van der Waals surface area contributed by atoms with Gasteiger partial charge in [-0.1, -0.05) is 56.3 Å². The lowest BCUT2D eigenvalue weighted by Gasteiger charge is -2.28. The first kappa shape index (κ1) is 36.3. The molecule has 4 N–H and O–H groups in total. The minimum atomic E-state index is -4.46. The van der Waals surface area contributed by atoms with E-state index in [-0.39, 0.29) is 43.2 Å². The fourth-order valence-corrected chi connectivity index (χ4v) is 6.62. The predicted octanol–water partition coefficient (Wildman–Crippen LogP) is 2.21. The van der Waals surface area contributed by atoms with E-state index in [2.05, 4.69) is 26.4 Å². The molecule has 0 radical (unpaired) electrons. The standard InChI is InChI=1S/C33H44N6O8S/c1-7-24-17-39(48(44,45)29-14-13-27(46-29)30-20(4)21(5)38-47-30)18-28(40)34-22(6)31(41)36-25(15-19(2)3)33(43)37-26(32(42)35-24)16-23-11-9-8-10-12-23/h8-14,19,22,24-26H,7,15-18H2,1-6H3,(H,34,40)(H,35,42)(H,36,41)(H,37,43)/t22-,24+,25+,26+/m1/s1. The molecule has 260 valence electrons. The maximum atomic E-state index is 14.0. The molecule has 4 atom stereocenters. The van der Waals surface area contributed by atoms with Crippen molar-refractivity contribution >= 4 is 33.7 Å². The number of nitrogens with one attached hydrogen (secondary N) is 4. The lowest BCUT2D eigenvalue weighted by molar-refractivity contribution is -0.133. The molecule has 3 aromatic rings. The van der Waals surface area contributed by atoms with E-state index in [9.17, 15) is 27.6 Å². The topological polar surface area (TPSA) is 193 Å². The summed E-state index contributed by atoms with van der Waals surface area (Å²) in [4.78, 5) is 53.8. The van der Waals surface area contributed by atoms with Gasteiger partial charge < -0.3 is 30.2 Å². The fourth-order valence-electron chi connectivity index (χ4n) is 5.27. The van der Waals surface area contributed by atoms with Gasteiger partial charge in [-0.05, 0) is 57.2 Å². The SMILES string of the molecule is CC[C@H]1CN(S(=O)(=O)c2ccc(-c3onc(C)c3C)o2)CC(=O)N[C@H](C)C(=O)N[C@@H](CC(C)C)C(=O)N[C@@H](Cc2ccccc2)C(=O)N1. The summed E-state index contributed by atoms with van der Waals surface area (Å²) in [6, 6.07) is 7.90. The monoisotopic (exact) mass is 684 g/mol. The van der Waals surface area contributed by atoms with Gasteiger partial charge in [-0.3, -0.25) is 19.2 Å². The second kappa shape index (κ2) is 15.6. The first-order valence-corrected chi connectivity index (χ1v) is 17.4. The van der Waals surface area contributed by atoms with Crippen LogP contribution in [-0.2, 0) is 35.6 Å². The van der Waals surface area contributed by atoms with Gasteiger partial charge in [-0.25, -0.2) is 8.42 Å². The molecule has 1 saturated heterocycles. The van der Waals surface area contributed by atoms with Gasteiger partial charge in [0.05, 0.1) is 12.2 Å². The zero-order valence-electron chi connectivity index (χ0n) is 28.0. The van der Waals surface area contributed by atoms with Gasteiger partial charge >= 0.3 is 0 Å². The van der Waals surface area contributed by atoms with Crippen LogP contribution in [0.2, 0.25) is 0 Å². The quantitative estimate of drug-likeness (QED) is 0.275. The van der Waals surface area contributed by atoms with Crippen molar-refractivity contribution < 1.29 is 36.5 Å². The van der Waals surface area contributed by atoms with Gasteiger partial charge in [0.25, 0.3) is 10.0 Å². The van der Waals surface area contributed by atoms with E-state index in [0.29, 0.717) is 11.3 Å². The van der Waals surface area contributed by atoms with Crippen molar-refractivity contribution in [2.24, 2.45) is 5.92 Å². The largest absolute Gasteiger partial charge is 0.440 e. The van der Waals surface area contributed by atoms with Gasteiger partial charge in [0.1, 0.15) is 18.1 Å². The average Bonchev–Trinajstić information content (AvgIpc) is 3.66. The number of carbonyl (C=O) groups excluding carboxylic acids is 4. The predicted molar refractivity (Wildman–Crippen MR) is 176 cm³/mol. The van der Waals surface area contributed by atoms with E-state index in [1.54, 1.807) is 20.8 Å². The highest BCUT2D eigenvalue weighted by Gasteiger charge is 2.35. The minimum absolute atomic E-state index is 0.0109. The molecule has 14 nitrogen and oxygen atoms in total. The number of aryl methyl sites for hydroxylation is 1. The van der Waals surface area contributed by atoms with Crippen LogP contribution >= 0.6 is 0 Å². The Morgan fingerprint density at radius 3 is 2.21 bits per heavy atom. The normalized spacial score (nSPS) is 22.3. The molecule has 48 heavy (non-hydrogen) atoms. The van der Waals surface area contributed by atoms with Crippen molar-refractivity contribution in [3.8, 4) is 11.5 Å². The number of sulfonamides is 1. The summed E-state index contributed by atoms with van der Waals surface area (Å²) in [6.07, 6.45) is 0.711. The fraction of sp³-hybridized carbons (Fsp3) is 0.485. The van der Waals surface area contributed by atoms with Crippen LogP contribution in [0, 0.1) is 19.8 Å². The second-order valence-corrected chi connectivity index (χ2v) is 14.4. The Kier molecular flexibility index (Phi) is 11.8. The molecule has 0 unspecified atom stereocenters. The highest BCUT2D eigenvalue weighted by atomic mass is 32.2. The minimum Gasteiger partial charge on any atom is -0.440 e. The molecule has 15 heteroatoms. The van der Waals surface area contributed by atoms with Crippen LogP contribution < -0.4 is 21.3 Å². The summed E-state index contributed by atoms with van der Waals surface area (Å²) in [6.45, 7) is 9.50. The number of rotatable bonds is 8. The van der Waals surface area contributed by atoms with E-state index in [0.717, 1.165) is 9.87 Å². The van der Waals surface area contributed by atoms with Gasteiger partial charge in [-0.15, -0.1) is 0 Å². The van der Waals surface area contributed by atoms with Gasteiger partial charge in [0.2, 0.25) is 34.5 Å². The van der Waals surface area contributed by atoms with Crippen molar-refractivity contribution in [3.63, 3.8) is 0 Å². The number of furan rings is 1. The number of hydrogen-bond donors (Lipinski definition) is 4. The maximum Gasteiger partial charge on any atom is 0.277 e. The van der Waals surface area contributed by atoms with Crippen molar-refractivity contribution in [2.75, 3.05) is 13.1 Å². The van der Waals surface area contributed by atoms with E-state index in [1.165, 1.54) is 19.1 Å². The lowest BCUT2D eigenvalue weighted by atomic mass is 10.0. The molecule has 4 rings (SSSR count). The Bertz CT molecular complexity index is 1720. The Morgan fingerprint density at radius 1 is 0.917 bits per heavy atom. The molecule has 1 aliphatic rings. The molecular formula is C33H44N6O8S. The molecule has 3 heterocycles. The highest BCUT2D eigenvalue weighted by molar-refractivity contribution is 7.89. The first-order chi connectivity index (χ1) is 22.7. The van der Waals surface area contributed by atoms with Crippen LogP contribution in [0.1, 0.15) is 57.4 Å². The lowest BCUT2D eigenvalue weighted by Crippen LogP contribution is -2.57. The van der Waals surface area contributed by atoms with Gasteiger partial charge in [0, 0.05) is 24.6 Å². The maximum absolute atomic E-state index is 14.0. The Hall–Kier alpha value is -4.50. The van der Waals surface area contributed by atoms with Crippen molar-refractivity contribution in [3.05, 3.63) is 59.3 Å². The van der Waals surface area contributed by atoms with E-state index >= 15 is 0 Å². The summed E-state index contributed by atoms with van der Waals surface area (Å²) in [5, 5.41) is 14.4. The molecule has 0 spiro atoms. The van der Waals surface area contributed by atoms with Crippen LogP contribution in [0.5, 0.6) is 0 Å². The third-order valence-electron chi connectivity index (χ3n) is 8.17. The van der Waals surface area contributed by atoms with Crippen LogP contribution in [0.25, 0.3) is 11.5 Å². The number of carbonyl (C=O) groups is 4. The second-order valence-electron chi connectivity index (χ2n) is 12.5. The number of aromatic nitrogens is 1. The number of hydrogen-bond acceptors (Lipinski definition) is 9. The molecule has 1 aliphatic heterocycles. The molecule has 1 aromatic carbocycles. The number of amides is 4.